The summed E-state index contributed by atoms with van der Waals surface area (Å²) in [5, 5.41) is 3.84. The Morgan fingerprint density at radius 1 is 1.10 bits per heavy atom. The van der Waals surface area contributed by atoms with Crippen LogP contribution in [0.4, 0.5) is 0 Å². The van der Waals surface area contributed by atoms with Gasteiger partial charge in [0.2, 0.25) is 0 Å². The van der Waals surface area contributed by atoms with Crippen LogP contribution in [0.2, 0.25) is 0 Å². The molecular weight excluding hydrogens is 394 g/mol. The molecule has 2 aromatic rings. The number of carbonyl (C=O) groups excluding carboxylic acids is 1. The van der Waals surface area contributed by atoms with Crippen molar-refractivity contribution in [3.05, 3.63) is 53.0 Å². The maximum Gasteiger partial charge on any atom is 0.255 e. The SMILES string of the molecule is CSc1nc(C(C)C)nc(C)c1C(=O)NCCN1CCN(Cc2ccccc2)CC1. The van der Waals surface area contributed by atoms with Crippen LogP contribution in [0.25, 0.3) is 0 Å². The number of rotatable bonds is 8. The highest BCUT2D eigenvalue weighted by atomic mass is 32.2. The molecule has 2 heterocycles. The molecule has 7 heteroatoms. The van der Waals surface area contributed by atoms with Gasteiger partial charge in [-0.3, -0.25) is 14.6 Å². The number of amides is 1. The Kier molecular flexibility index (Phi) is 8.24. The zero-order chi connectivity index (χ0) is 21.5. The van der Waals surface area contributed by atoms with Crippen LogP contribution in [0, 0.1) is 6.92 Å². The number of hydrogen-bond acceptors (Lipinski definition) is 6. The van der Waals surface area contributed by atoms with E-state index in [1.54, 1.807) is 0 Å². The van der Waals surface area contributed by atoms with Crippen molar-refractivity contribution >= 4 is 17.7 Å². The second kappa shape index (κ2) is 10.9. The number of aryl methyl sites for hydroxylation is 1. The number of piperazine rings is 1. The molecule has 1 fully saturated rings. The highest BCUT2D eigenvalue weighted by molar-refractivity contribution is 7.98. The van der Waals surface area contributed by atoms with E-state index in [1.165, 1.54) is 17.3 Å². The third-order valence-corrected chi connectivity index (χ3v) is 6.12. The maximum absolute atomic E-state index is 12.8. The Labute approximate surface area is 184 Å². The monoisotopic (exact) mass is 427 g/mol. The van der Waals surface area contributed by atoms with E-state index >= 15 is 0 Å². The fourth-order valence-corrected chi connectivity index (χ4v) is 4.29. The molecule has 162 valence electrons. The molecular formula is C23H33N5OS. The molecule has 1 saturated heterocycles. The van der Waals surface area contributed by atoms with E-state index in [1.807, 2.05) is 13.2 Å². The van der Waals surface area contributed by atoms with Crippen molar-refractivity contribution in [3.63, 3.8) is 0 Å². The first kappa shape index (κ1) is 22.7. The summed E-state index contributed by atoms with van der Waals surface area (Å²) < 4.78 is 0. The molecule has 0 atom stereocenters. The lowest BCUT2D eigenvalue weighted by molar-refractivity contribution is 0.0929. The minimum Gasteiger partial charge on any atom is -0.351 e. The molecule has 0 radical (unpaired) electrons. The van der Waals surface area contributed by atoms with Crippen molar-refractivity contribution < 1.29 is 4.79 Å². The third kappa shape index (κ3) is 6.03. The summed E-state index contributed by atoms with van der Waals surface area (Å²) in [5.74, 6) is 0.962. The van der Waals surface area contributed by atoms with Crippen LogP contribution >= 0.6 is 11.8 Å². The molecule has 1 aromatic carbocycles. The summed E-state index contributed by atoms with van der Waals surface area (Å²) in [5.41, 5.74) is 2.73. The molecule has 1 amide bonds. The van der Waals surface area contributed by atoms with Crippen LogP contribution in [0.5, 0.6) is 0 Å². The van der Waals surface area contributed by atoms with Crippen molar-refractivity contribution in [2.75, 3.05) is 45.5 Å². The molecule has 6 nitrogen and oxygen atoms in total. The van der Waals surface area contributed by atoms with E-state index in [2.05, 4.69) is 69.3 Å². The standard InChI is InChI=1S/C23H33N5OS/c1-17(2)21-25-18(3)20(23(26-21)30-4)22(29)24-10-11-27-12-14-28(15-13-27)16-19-8-6-5-7-9-19/h5-9,17H,10-16H2,1-4H3,(H,24,29). The van der Waals surface area contributed by atoms with Gasteiger partial charge in [0.1, 0.15) is 10.9 Å². The number of carbonyl (C=O) groups is 1. The van der Waals surface area contributed by atoms with E-state index in [9.17, 15) is 4.79 Å². The van der Waals surface area contributed by atoms with Gasteiger partial charge >= 0.3 is 0 Å². The predicted molar refractivity (Wildman–Crippen MR) is 123 cm³/mol. The Hall–Kier alpha value is -1.96. The normalized spacial score (nSPS) is 15.5. The maximum atomic E-state index is 12.8. The highest BCUT2D eigenvalue weighted by Crippen LogP contribution is 2.23. The van der Waals surface area contributed by atoms with Crippen LogP contribution in [-0.4, -0.2) is 71.2 Å². The van der Waals surface area contributed by atoms with Gasteiger partial charge in [-0.25, -0.2) is 9.97 Å². The van der Waals surface area contributed by atoms with Crippen LogP contribution in [0.1, 0.15) is 47.2 Å². The van der Waals surface area contributed by atoms with E-state index in [0.29, 0.717) is 12.1 Å². The van der Waals surface area contributed by atoms with Gasteiger partial charge in [0.05, 0.1) is 11.3 Å². The van der Waals surface area contributed by atoms with Crippen LogP contribution in [-0.2, 0) is 6.54 Å². The third-order valence-electron chi connectivity index (χ3n) is 5.44. The average molecular weight is 428 g/mol. The van der Waals surface area contributed by atoms with Gasteiger partial charge in [0, 0.05) is 51.7 Å². The number of hydrogen-bond donors (Lipinski definition) is 1. The number of thioether (sulfide) groups is 1. The average Bonchev–Trinajstić information content (AvgIpc) is 2.74. The number of aromatic nitrogens is 2. The van der Waals surface area contributed by atoms with Crippen molar-refractivity contribution in [3.8, 4) is 0 Å². The van der Waals surface area contributed by atoms with Crippen LogP contribution < -0.4 is 5.32 Å². The van der Waals surface area contributed by atoms with Crippen molar-refractivity contribution in [2.24, 2.45) is 0 Å². The molecule has 1 aliphatic rings. The molecule has 0 bridgehead atoms. The van der Waals surface area contributed by atoms with Crippen LogP contribution in [0.15, 0.2) is 35.4 Å². The lowest BCUT2D eigenvalue weighted by Crippen LogP contribution is -2.48. The lowest BCUT2D eigenvalue weighted by atomic mass is 10.1. The second-order valence-electron chi connectivity index (χ2n) is 8.07. The Morgan fingerprint density at radius 3 is 2.40 bits per heavy atom. The van der Waals surface area contributed by atoms with Crippen molar-refractivity contribution in [2.45, 2.75) is 38.3 Å². The molecule has 1 aliphatic heterocycles. The van der Waals surface area contributed by atoms with Gasteiger partial charge in [-0.05, 0) is 18.7 Å². The Bertz CT molecular complexity index is 835. The summed E-state index contributed by atoms with van der Waals surface area (Å²) in [6.45, 7) is 12.7. The van der Waals surface area contributed by atoms with Gasteiger partial charge in [-0.2, -0.15) is 0 Å². The van der Waals surface area contributed by atoms with E-state index < -0.39 is 0 Å². The fourth-order valence-electron chi connectivity index (χ4n) is 3.66. The lowest BCUT2D eigenvalue weighted by Gasteiger charge is -2.34. The van der Waals surface area contributed by atoms with E-state index in [0.717, 1.165) is 55.8 Å². The Morgan fingerprint density at radius 2 is 1.77 bits per heavy atom. The molecule has 1 N–H and O–H groups in total. The van der Waals surface area contributed by atoms with Gasteiger partial charge in [0.15, 0.2) is 0 Å². The van der Waals surface area contributed by atoms with Crippen molar-refractivity contribution in [1.29, 1.82) is 0 Å². The molecule has 0 unspecified atom stereocenters. The van der Waals surface area contributed by atoms with Gasteiger partial charge < -0.3 is 5.32 Å². The van der Waals surface area contributed by atoms with E-state index in [-0.39, 0.29) is 11.8 Å². The predicted octanol–water partition coefficient (Wildman–Crippen LogP) is 3.18. The largest absolute Gasteiger partial charge is 0.351 e. The first-order valence-corrected chi connectivity index (χ1v) is 11.9. The summed E-state index contributed by atoms with van der Waals surface area (Å²) in [6, 6.07) is 10.6. The minimum absolute atomic E-state index is 0.0742. The molecule has 0 aliphatic carbocycles. The molecule has 3 rings (SSSR count). The smallest absolute Gasteiger partial charge is 0.255 e. The molecule has 0 spiro atoms. The Balaban J connectivity index is 1.46. The number of nitrogens with one attached hydrogen (secondary N) is 1. The van der Waals surface area contributed by atoms with Gasteiger partial charge in [0.25, 0.3) is 5.91 Å². The summed E-state index contributed by atoms with van der Waals surface area (Å²) >= 11 is 1.50. The molecule has 0 saturated carbocycles. The number of nitrogens with zero attached hydrogens (tertiary/aromatic N) is 4. The summed E-state index contributed by atoms with van der Waals surface area (Å²) in [6.07, 6.45) is 1.96. The topological polar surface area (TPSA) is 61.4 Å². The van der Waals surface area contributed by atoms with Gasteiger partial charge in [-0.1, -0.05) is 44.2 Å². The van der Waals surface area contributed by atoms with Gasteiger partial charge in [-0.15, -0.1) is 11.8 Å². The first-order chi connectivity index (χ1) is 14.5. The molecule has 1 aromatic heterocycles. The quantitative estimate of drug-likeness (QED) is 0.516. The van der Waals surface area contributed by atoms with Crippen molar-refractivity contribution in [1.82, 2.24) is 25.1 Å². The zero-order valence-corrected chi connectivity index (χ0v) is 19.3. The fraction of sp³-hybridized carbons (Fsp3) is 0.522. The summed E-state index contributed by atoms with van der Waals surface area (Å²) in [7, 11) is 0. The number of benzene rings is 1. The highest BCUT2D eigenvalue weighted by Gasteiger charge is 2.20. The first-order valence-electron chi connectivity index (χ1n) is 10.7. The minimum atomic E-state index is -0.0742. The van der Waals surface area contributed by atoms with E-state index in [4.69, 9.17) is 0 Å². The van der Waals surface area contributed by atoms with Crippen LogP contribution in [0.3, 0.4) is 0 Å². The zero-order valence-electron chi connectivity index (χ0n) is 18.5. The molecule has 30 heavy (non-hydrogen) atoms. The second-order valence-corrected chi connectivity index (χ2v) is 8.86. The summed E-state index contributed by atoms with van der Waals surface area (Å²) in [4.78, 5) is 26.8.